The van der Waals surface area contributed by atoms with Crippen LogP contribution in [0, 0.1) is 5.92 Å². The third-order valence-corrected chi connectivity index (χ3v) is 3.96. The van der Waals surface area contributed by atoms with Crippen LogP contribution >= 0.6 is 11.8 Å². The van der Waals surface area contributed by atoms with Gasteiger partial charge < -0.3 is 4.90 Å². The van der Waals surface area contributed by atoms with Crippen LogP contribution in [0.1, 0.15) is 46.5 Å². The fraction of sp³-hybridized carbons (Fsp3) is 0.917. The largest absolute Gasteiger partial charge is 0.331 e. The molecule has 0 spiro atoms. The fourth-order valence-electron chi connectivity index (χ4n) is 2.43. The summed E-state index contributed by atoms with van der Waals surface area (Å²) < 4.78 is 0. The molecule has 0 N–H and O–H groups in total. The van der Waals surface area contributed by atoms with E-state index in [1.807, 2.05) is 6.92 Å². The number of carbonyl (C=O) groups is 1. The molecule has 0 aromatic rings. The van der Waals surface area contributed by atoms with Gasteiger partial charge in [0.25, 0.3) is 5.24 Å². The van der Waals surface area contributed by atoms with Crippen molar-refractivity contribution in [3.63, 3.8) is 0 Å². The number of rotatable bonds is 3. The Morgan fingerprint density at radius 1 is 1.40 bits per heavy atom. The molecule has 0 radical (unpaired) electrons. The zero-order valence-corrected chi connectivity index (χ0v) is 11.0. The van der Waals surface area contributed by atoms with Crippen LogP contribution in [0.3, 0.4) is 0 Å². The molecule has 88 valence electrons. The van der Waals surface area contributed by atoms with Gasteiger partial charge in [0.05, 0.1) is 0 Å². The van der Waals surface area contributed by atoms with E-state index in [1.165, 1.54) is 37.4 Å². The molecule has 0 saturated heterocycles. The second kappa shape index (κ2) is 6.41. The van der Waals surface area contributed by atoms with Crippen molar-refractivity contribution in [3.05, 3.63) is 0 Å². The zero-order valence-electron chi connectivity index (χ0n) is 10.2. The van der Waals surface area contributed by atoms with Gasteiger partial charge in [-0.15, -0.1) is 0 Å². The Balaban J connectivity index is 2.52. The van der Waals surface area contributed by atoms with Gasteiger partial charge in [0, 0.05) is 12.6 Å². The minimum absolute atomic E-state index is 0.277. The van der Waals surface area contributed by atoms with E-state index in [1.54, 1.807) is 0 Å². The van der Waals surface area contributed by atoms with Gasteiger partial charge in [0.2, 0.25) is 0 Å². The SMILES string of the molecule is CCSC(=O)N(CC)C1CCCC(C)C1. The van der Waals surface area contributed by atoms with E-state index in [4.69, 9.17) is 0 Å². The summed E-state index contributed by atoms with van der Waals surface area (Å²) in [6, 6.07) is 0.505. The lowest BCUT2D eigenvalue weighted by Gasteiger charge is -2.35. The summed E-state index contributed by atoms with van der Waals surface area (Å²) >= 11 is 1.45. The number of nitrogens with zero attached hydrogens (tertiary/aromatic N) is 1. The molecule has 2 nitrogen and oxygen atoms in total. The van der Waals surface area contributed by atoms with Crippen LogP contribution < -0.4 is 0 Å². The van der Waals surface area contributed by atoms with Gasteiger partial charge >= 0.3 is 0 Å². The van der Waals surface area contributed by atoms with Gasteiger partial charge in [-0.2, -0.15) is 0 Å². The minimum atomic E-state index is 0.277. The van der Waals surface area contributed by atoms with Gasteiger partial charge in [-0.25, -0.2) is 0 Å². The number of thioether (sulfide) groups is 1. The van der Waals surface area contributed by atoms with Crippen LogP contribution in [-0.4, -0.2) is 28.5 Å². The third kappa shape index (κ3) is 3.71. The van der Waals surface area contributed by atoms with Crippen LogP contribution in [0.2, 0.25) is 0 Å². The first-order chi connectivity index (χ1) is 7.19. The molecule has 2 atom stereocenters. The third-order valence-electron chi connectivity index (χ3n) is 3.19. The van der Waals surface area contributed by atoms with Crippen molar-refractivity contribution in [1.82, 2.24) is 4.90 Å². The highest BCUT2D eigenvalue weighted by Crippen LogP contribution is 2.28. The number of hydrogen-bond donors (Lipinski definition) is 0. The van der Waals surface area contributed by atoms with Crippen LogP contribution in [-0.2, 0) is 0 Å². The van der Waals surface area contributed by atoms with Gasteiger partial charge in [0.15, 0.2) is 0 Å². The minimum Gasteiger partial charge on any atom is -0.331 e. The second-order valence-electron chi connectivity index (χ2n) is 4.41. The lowest BCUT2D eigenvalue weighted by Crippen LogP contribution is -2.40. The highest BCUT2D eigenvalue weighted by atomic mass is 32.2. The van der Waals surface area contributed by atoms with E-state index in [-0.39, 0.29) is 5.24 Å². The molecular formula is C12H23NOS. The molecule has 1 saturated carbocycles. The molecule has 3 heteroatoms. The maximum atomic E-state index is 11.9. The molecule has 0 bridgehead atoms. The molecule has 1 amide bonds. The lowest BCUT2D eigenvalue weighted by molar-refractivity contribution is 0.165. The fourth-order valence-corrected chi connectivity index (χ4v) is 3.12. The molecule has 1 rings (SSSR count). The maximum absolute atomic E-state index is 11.9. The molecule has 0 aromatic heterocycles. The lowest BCUT2D eigenvalue weighted by atomic mass is 9.86. The van der Waals surface area contributed by atoms with Crippen molar-refractivity contribution < 1.29 is 4.79 Å². The van der Waals surface area contributed by atoms with E-state index in [2.05, 4.69) is 18.7 Å². The van der Waals surface area contributed by atoms with E-state index in [9.17, 15) is 4.79 Å². The molecule has 0 aromatic carbocycles. The van der Waals surface area contributed by atoms with E-state index < -0.39 is 0 Å². The summed E-state index contributed by atoms with van der Waals surface area (Å²) in [5, 5.41) is 0.277. The predicted octanol–water partition coefficient (Wildman–Crippen LogP) is 3.76. The first kappa shape index (κ1) is 12.9. The van der Waals surface area contributed by atoms with Crippen molar-refractivity contribution in [1.29, 1.82) is 0 Å². The first-order valence-corrected chi connectivity index (χ1v) is 7.11. The summed E-state index contributed by atoms with van der Waals surface area (Å²) in [6.45, 7) is 7.30. The quantitative estimate of drug-likeness (QED) is 0.734. The van der Waals surface area contributed by atoms with Gasteiger partial charge in [0.1, 0.15) is 0 Å². The Kier molecular flexibility index (Phi) is 5.51. The van der Waals surface area contributed by atoms with Crippen molar-refractivity contribution in [2.24, 2.45) is 5.92 Å². The highest BCUT2D eigenvalue weighted by Gasteiger charge is 2.26. The Bertz CT molecular complexity index is 208. The summed E-state index contributed by atoms with van der Waals surface area (Å²) in [4.78, 5) is 13.9. The summed E-state index contributed by atoms with van der Waals surface area (Å²) in [5.41, 5.74) is 0. The Labute approximate surface area is 97.8 Å². The monoisotopic (exact) mass is 229 g/mol. The van der Waals surface area contributed by atoms with Crippen LogP contribution in [0.5, 0.6) is 0 Å². The standard InChI is InChI=1S/C12H23NOS/c1-4-13(12(14)15-5-2)11-8-6-7-10(3)9-11/h10-11H,4-9H2,1-3H3. The smallest absolute Gasteiger partial charge is 0.281 e. The zero-order chi connectivity index (χ0) is 11.3. The van der Waals surface area contributed by atoms with Crippen molar-refractivity contribution in [2.45, 2.75) is 52.5 Å². The highest BCUT2D eigenvalue weighted by molar-refractivity contribution is 8.13. The molecule has 2 unspecified atom stereocenters. The van der Waals surface area contributed by atoms with Crippen molar-refractivity contribution in [2.75, 3.05) is 12.3 Å². The van der Waals surface area contributed by atoms with E-state index >= 15 is 0 Å². The number of hydrogen-bond acceptors (Lipinski definition) is 2. The molecule has 15 heavy (non-hydrogen) atoms. The Morgan fingerprint density at radius 3 is 2.67 bits per heavy atom. The normalized spacial score (nSPS) is 26.3. The van der Waals surface area contributed by atoms with Crippen LogP contribution in [0.4, 0.5) is 4.79 Å². The average molecular weight is 229 g/mol. The van der Waals surface area contributed by atoms with Crippen molar-refractivity contribution in [3.8, 4) is 0 Å². The number of carbonyl (C=O) groups excluding carboxylic acids is 1. The van der Waals surface area contributed by atoms with Crippen molar-refractivity contribution >= 4 is 17.0 Å². The van der Waals surface area contributed by atoms with Crippen LogP contribution in [0.15, 0.2) is 0 Å². The molecule has 1 fully saturated rings. The van der Waals surface area contributed by atoms with E-state index in [0.717, 1.165) is 18.2 Å². The molecular weight excluding hydrogens is 206 g/mol. The summed E-state index contributed by atoms with van der Waals surface area (Å²) in [5.74, 6) is 1.68. The Hall–Kier alpha value is -0.180. The molecule has 1 aliphatic carbocycles. The first-order valence-electron chi connectivity index (χ1n) is 6.12. The molecule has 1 aliphatic rings. The number of amides is 1. The van der Waals surface area contributed by atoms with Gasteiger partial charge in [-0.1, -0.05) is 38.5 Å². The van der Waals surface area contributed by atoms with Gasteiger partial charge in [-0.3, -0.25) is 4.79 Å². The second-order valence-corrected chi connectivity index (χ2v) is 5.63. The van der Waals surface area contributed by atoms with E-state index in [0.29, 0.717) is 6.04 Å². The Morgan fingerprint density at radius 2 is 2.13 bits per heavy atom. The summed E-state index contributed by atoms with van der Waals surface area (Å²) in [7, 11) is 0. The molecule has 0 aliphatic heterocycles. The predicted molar refractivity (Wildman–Crippen MR) is 67.3 cm³/mol. The van der Waals surface area contributed by atoms with Gasteiger partial charge in [-0.05, 0) is 31.4 Å². The summed E-state index contributed by atoms with van der Waals surface area (Å²) in [6.07, 6.45) is 5.02. The maximum Gasteiger partial charge on any atom is 0.281 e. The molecule has 0 heterocycles. The average Bonchev–Trinajstić information content (AvgIpc) is 2.19. The topological polar surface area (TPSA) is 20.3 Å². The van der Waals surface area contributed by atoms with Crippen LogP contribution in [0.25, 0.3) is 0 Å².